The summed E-state index contributed by atoms with van der Waals surface area (Å²) in [6.45, 7) is 2.64. The van der Waals surface area contributed by atoms with E-state index in [1.165, 1.54) is 0 Å². The second-order valence-electron chi connectivity index (χ2n) is 6.36. The molecule has 6 heteroatoms. The molecule has 1 amide bonds. The van der Waals surface area contributed by atoms with Gasteiger partial charge in [0.05, 0.1) is 18.4 Å². The Morgan fingerprint density at radius 1 is 1.28 bits per heavy atom. The molecule has 3 heterocycles. The highest BCUT2D eigenvalue weighted by Gasteiger charge is 2.25. The molecule has 0 radical (unpaired) electrons. The zero-order valence-corrected chi connectivity index (χ0v) is 14.6. The van der Waals surface area contributed by atoms with Gasteiger partial charge < -0.3 is 9.64 Å². The van der Waals surface area contributed by atoms with Gasteiger partial charge in [0, 0.05) is 30.9 Å². The highest BCUT2D eigenvalue weighted by atomic mass is 16.5. The van der Waals surface area contributed by atoms with Gasteiger partial charge in [-0.25, -0.2) is 4.98 Å². The van der Waals surface area contributed by atoms with Crippen LogP contribution in [0.3, 0.4) is 0 Å². The minimum Gasteiger partial charge on any atom is -0.497 e. The van der Waals surface area contributed by atoms with Crippen molar-refractivity contribution in [3.05, 3.63) is 47.3 Å². The maximum atomic E-state index is 13.1. The van der Waals surface area contributed by atoms with E-state index >= 15 is 0 Å². The Hall–Kier alpha value is -2.89. The highest BCUT2D eigenvalue weighted by molar-refractivity contribution is 6.08. The normalized spacial score (nSPS) is 13.8. The first kappa shape index (κ1) is 15.6. The molecular weight excluding hydrogens is 316 g/mol. The first-order chi connectivity index (χ1) is 12.1. The summed E-state index contributed by atoms with van der Waals surface area (Å²) in [4.78, 5) is 19.4. The van der Waals surface area contributed by atoms with Crippen LogP contribution in [0.15, 0.2) is 30.5 Å². The lowest BCUT2D eigenvalue weighted by Gasteiger charge is -2.29. The number of benzene rings is 1. The van der Waals surface area contributed by atoms with Crippen molar-refractivity contribution in [1.29, 1.82) is 0 Å². The summed E-state index contributed by atoms with van der Waals surface area (Å²) in [5.74, 6) is 0.797. The molecule has 0 atom stereocenters. The molecule has 2 aromatic heterocycles. The Morgan fingerprint density at radius 3 is 2.92 bits per heavy atom. The number of aryl methyl sites for hydroxylation is 3. The molecule has 0 N–H and O–H groups in total. The van der Waals surface area contributed by atoms with Crippen LogP contribution in [0.2, 0.25) is 0 Å². The average Bonchev–Trinajstić information content (AvgIpc) is 2.93. The molecule has 6 nitrogen and oxygen atoms in total. The van der Waals surface area contributed by atoms with Crippen molar-refractivity contribution < 1.29 is 9.53 Å². The molecule has 0 fully saturated rings. The number of ether oxygens (including phenoxy) is 1. The molecule has 1 aliphatic rings. The van der Waals surface area contributed by atoms with E-state index in [1.807, 2.05) is 43.1 Å². The molecule has 1 aromatic carbocycles. The predicted octanol–water partition coefficient (Wildman–Crippen LogP) is 2.88. The van der Waals surface area contributed by atoms with E-state index in [0.717, 1.165) is 46.6 Å². The van der Waals surface area contributed by atoms with Gasteiger partial charge in [0.15, 0.2) is 5.65 Å². The van der Waals surface area contributed by atoms with Crippen LogP contribution in [0.4, 0.5) is 5.69 Å². The highest BCUT2D eigenvalue weighted by Crippen LogP contribution is 2.31. The number of methoxy groups -OCH3 is 1. The van der Waals surface area contributed by atoms with Crippen molar-refractivity contribution in [2.45, 2.75) is 19.8 Å². The largest absolute Gasteiger partial charge is 0.497 e. The summed E-state index contributed by atoms with van der Waals surface area (Å²) < 4.78 is 7.04. The lowest BCUT2D eigenvalue weighted by Crippen LogP contribution is -2.35. The quantitative estimate of drug-likeness (QED) is 0.722. The molecular formula is C19H20N4O2. The first-order valence-electron chi connectivity index (χ1n) is 8.36. The fourth-order valence-corrected chi connectivity index (χ4v) is 3.49. The predicted molar refractivity (Wildman–Crippen MR) is 96.2 cm³/mol. The van der Waals surface area contributed by atoms with Gasteiger partial charge in [0.2, 0.25) is 0 Å². The number of hydrogen-bond acceptors (Lipinski definition) is 4. The standard InChI is InChI=1S/C19H20N4O2/c1-12-16-10-14(11-20-18(16)22(2)21-12)19(24)23-8-4-5-13-9-15(25-3)6-7-17(13)23/h6-7,9-11H,4-5,8H2,1-3H3. The molecule has 0 saturated carbocycles. The summed E-state index contributed by atoms with van der Waals surface area (Å²) in [6, 6.07) is 7.77. The monoisotopic (exact) mass is 336 g/mol. The lowest BCUT2D eigenvalue weighted by atomic mass is 10.0. The second-order valence-corrected chi connectivity index (χ2v) is 6.36. The van der Waals surface area contributed by atoms with Crippen LogP contribution in [-0.4, -0.2) is 34.3 Å². The van der Waals surface area contributed by atoms with Gasteiger partial charge in [-0.15, -0.1) is 0 Å². The Bertz CT molecular complexity index is 977. The summed E-state index contributed by atoms with van der Waals surface area (Å²) in [7, 11) is 3.52. The Morgan fingerprint density at radius 2 is 2.12 bits per heavy atom. The third-order valence-corrected chi connectivity index (χ3v) is 4.76. The van der Waals surface area contributed by atoms with Gasteiger partial charge in [-0.1, -0.05) is 0 Å². The van der Waals surface area contributed by atoms with E-state index in [-0.39, 0.29) is 5.91 Å². The van der Waals surface area contributed by atoms with Gasteiger partial charge in [0.1, 0.15) is 5.75 Å². The molecule has 0 bridgehead atoms. The molecule has 0 unspecified atom stereocenters. The number of nitrogens with zero attached hydrogens (tertiary/aromatic N) is 4. The van der Waals surface area contributed by atoms with E-state index in [9.17, 15) is 4.79 Å². The van der Waals surface area contributed by atoms with E-state index < -0.39 is 0 Å². The molecule has 0 aliphatic carbocycles. The summed E-state index contributed by atoms with van der Waals surface area (Å²) >= 11 is 0. The van der Waals surface area contributed by atoms with Crippen molar-refractivity contribution in [3.8, 4) is 5.75 Å². The van der Waals surface area contributed by atoms with Crippen LogP contribution in [0.25, 0.3) is 11.0 Å². The minimum atomic E-state index is -0.0243. The third kappa shape index (κ3) is 2.54. The van der Waals surface area contributed by atoms with Crippen molar-refractivity contribution in [2.75, 3.05) is 18.6 Å². The van der Waals surface area contributed by atoms with Crippen LogP contribution in [0.1, 0.15) is 28.0 Å². The number of carbonyl (C=O) groups excluding carboxylic acids is 1. The van der Waals surface area contributed by atoms with Crippen molar-refractivity contribution in [3.63, 3.8) is 0 Å². The van der Waals surface area contributed by atoms with E-state index in [2.05, 4.69) is 10.1 Å². The summed E-state index contributed by atoms with van der Waals surface area (Å²) in [5, 5.41) is 5.29. The Kier molecular flexibility index (Phi) is 3.67. The van der Waals surface area contributed by atoms with Crippen molar-refractivity contribution >= 4 is 22.6 Å². The van der Waals surface area contributed by atoms with Gasteiger partial charge in [0.25, 0.3) is 5.91 Å². The number of aromatic nitrogens is 3. The van der Waals surface area contributed by atoms with Crippen LogP contribution in [-0.2, 0) is 13.5 Å². The Balaban J connectivity index is 1.74. The number of amides is 1. The molecule has 3 aromatic rings. The van der Waals surface area contributed by atoms with Gasteiger partial charge >= 0.3 is 0 Å². The SMILES string of the molecule is COc1ccc2c(c1)CCCN2C(=O)c1cnc2c(c1)c(C)nn2C. The van der Waals surface area contributed by atoms with Gasteiger partial charge in [-0.2, -0.15) is 5.10 Å². The summed E-state index contributed by atoms with van der Waals surface area (Å²) in [5.41, 5.74) is 4.36. The third-order valence-electron chi connectivity index (χ3n) is 4.76. The summed E-state index contributed by atoms with van der Waals surface area (Å²) in [6.07, 6.45) is 3.53. The molecule has 25 heavy (non-hydrogen) atoms. The topological polar surface area (TPSA) is 60.2 Å². The molecule has 0 saturated heterocycles. The maximum absolute atomic E-state index is 13.1. The lowest BCUT2D eigenvalue weighted by molar-refractivity contribution is 0.0985. The first-order valence-corrected chi connectivity index (χ1v) is 8.36. The maximum Gasteiger partial charge on any atom is 0.259 e. The minimum absolute atomic E-state index is 0.0243. The van der Waals surface area contributed by atoms with Crippen LogP contribution in [0, 0.1) is 6.92 Å². The molecule has 0 spiro atoms. The second kappa shape index (κ2) is 5.88. The number of pyridine rings is 1. The van der Waals surface area contributed by atoms with Crippen molar-refractivity contribution in [2.24, 2.45) is 7.05 Å². The average molecular weight is 336 g/mol. The fraction of sp³-hybridized carbons (Fsp3) is 0.316. The van der Waals surface area contributed by atoms with Crippen LogP contribution < -0.4 is 9.64 Å². The van der Waals surface area contributed by atoms with Crippen LogP contribution in [0.5, 0.6) is 5.75 Å². The zero-order valence-electron chi connectivity index (χ0n) is 14.6. The number of carbonyl (C=O) groups is 1. The fourth-order valence-electron chi connectivity index (χ4n) is 3.49. The van der Waals surface area contributed by atoms with Crippen LogP contribution >= 0.6 is 0 Å². The number of fused-ring (bicyclic) bond motifs is 2. The van der Waals surface area contributed by atoms with Crippen molar-refractivity contribution in [1.82, 2.24) is 14.8 Å². The van der Waals surface area contributed by atoms with E-state index in [1.54, 1.807) is 18.0 Å². The van der Waals surface area contributed by atoms with Gasteiger partial charge in [-0.3, -0.25) is 9.48 Å². The number of anilines is 1. The van der Waals surface area contributed by atoms with Gasteiger partial charge in [-0.05, 0) is 49.6 Å². The number of hydrogen-bond donors (Lipinski definition) is 0. The molecule has 4 rings (SSSR count). The molecule has 1 aliphatic heterocycles. The van der Waals surface area contributed by atoms with E-state index in [0.29, 0.717) is 12.1 Å². The zero-order chi connectivity index (χ0) is 17.6. The van der Waals surface area contributed by atoms with E-state index in [4.69, 9.17) is 4.74 Å². The smallest absolute Gasteiger partial charge is 0.259 e. The molecule has 128 valence electrons. The Labute approximate surface area is 146 Å². The number of rotatable bonds is 2.